The van der Waals surface area contributed by atoms with Gasteiger partial charge in [-0.3, -0.25) is 4.99 Å². The molecule has 0 aliphatic carbocycles. The van der Waals surface area contributed by atoms with Crippen molar-refractivity contribution in [2.45, 2.75) is 46.6 Å². The smallest absolute Gasteiger partial charge is 0.208 e. The van der Waals surface area contributed by atoms with Gasteiger partial charge in [0, 0.05) is 38.5 Å². The minimum atomic E-state index is -3.16. The second-order valence-electron chi connectivity index (χ2n) is 7.82. The summed E-state index contributed by atoms with van der Waals surface area (Å²) in [6.45, 7) is 11.3. The van der Waals surface area contributed by atoms with E-state index in [0.717, 1.165) is 30.7 Å². The Balaban J connectivity index is 2.56. The summed E-state index contributed by atoms with van der Waals surface area (Å²) in [5.41, 5.74) is 0.891. The molecule has 8 nitrogen and oxygen atoms in total. The van der Waals surface area contributed by atoms with E-state index in [0.29, 0.717) is 44.5 Å². The van der Waals surface area contributed by atoms with Crippen LogP contribution in [0.4, 0.5) is 5.69 Å². The van der Waals surface area contributed by atoms with Gasteiger partial charge in [0.25, 0.3) is 0 Å². The van der Waals surface area contributed by atoms with Crippen LogP contribution >= 0.6 is 0 Å². The maximum absolute atomic E-state index is 11.1. The van der Waals surface area contributed by atoms with Crippen LogP contribution in [0.5, 0.6) is 5.75 Å². The molecule has 1 rings (SSSR count). The first-order chi connectivity index (χ1) is 14.2. The second-order valence-corrected chi connectivity index (χ2v) is 9.65. The first-order valence-corrected chi connectivity index (χ1v) is 12.4. The number of hydrogen-bond donors (Lipinski definition) is 3. The van der Waals surface area contributed by atoms with Crippen LogP contribution in [0, 0.1) is 5.92 Å². The molecule has 0 radical (unpaired) electrons. The van der Waals surface area contributed by atoms with Crippen molar-refractivity contribution in [3.63, 3.8) is 0 Å². The highest BCUT2D eigenvalue weighted by Crippen LogP contribution is 2.16. The summed E-state index contributed by atoms with van der Waals surface area (Å²) in [6.07, 6.45) is 2.76. The molecular formula is C21H38N4O4S. The predicted octanol–water partition coefficient (Wildman–Crippen LogP) is 2.83. The number of ether oxygens (including phenoxy) is 2. The van der Waals surface area contributed by atoms with Crippen LogP contribution in [-0.2, 0) is 14.8 Å². The molecule has 0 saturated carbocycles. The largest absolute Gasteiger partial charge is 0.491 e. The van der Waals surface area contributed by atoms with Gasteiger partial charge in [-0.05, 0) is 56.9 Å². The highest BCUT2D eigenvalue weighted by atomic mass is 32.2. The maximum atomic E-state index is 11.1. The molecule has 172 valence electrons. The van der Waals surface area contributed by atoms with Crippen molar-refractivity contribution in [3.8, 4) is 5.75 Å². The van der Waals surface area contributed by atoms with E-state index in [9.17, 15) is 8.42 Å². The van der Waals surface area contributed by atoms with E-state index in [1.165, 1.54) is 0 Å². The average molecular weight is 443 g/mol. The summed E-state index contributed by atoms with van der Waals surface area (Å²) < 4.78 is 36.0. The zero-order valence-electron chi connectivity index (χ0n) is 18.9. The van der Waals surface area contributed by atoms with Crippen LogP contribution in [0.3, 0.4) is 0 Å². The standard InChI is InChI=1S/C21H38N4O4S/c1-17(2)16-28-15-7-13-23-21(22-12-6-14-24-30(5,26)27)25-19-8-10-20(11-9-19)29-18(3)4/h8-11,17-18,24H,6-7,12-16H2,1-5H3,(H2,22,23,25). The van der Waals surface area contributed by atoms with Crippen LogP contribution in [0.15, 0.2) is 29.3 Å². The Morgan fingerprint density at radius 3 is 2.37 bits per heavy atom. The molecule has 0 amide bonds. The van der Waals surface area contributed by atoms with Gasteiger partial charge >= 0.3 is 0 Å². The highest BCUT2D eigenvalue weighted by Gasteiger charge is 2.04. The molecule has 0 heterocycles. The van der Waals surface area contributed by atoms with Crippen molar-refractivity contribution < 1.29 is 17.9 Å². The van der Waals surface area contributed by atoms with Crippen molar-refractivity contribution in [3.05, 3.63) is 24.3 Å². The molecule has 0 bridgehead atoms. The molecule has 0 spiro atoms. The van der Waals surface area contributed by atoms with Crippen molar-refractivity contribution in [1.29, 1.82) is 0 Å². The van der Waals surface area contributed by atoms with Crippen LogP contribution in [0.1, 0.15) is 40.5 Å². The molecule has 3 N–H and O–H groups in total. The number of anilines is 1. The average Bonchev–Trinajstić information content (AvgIpc) is 2.64. The fourth-order valence-corrected chi connectivity index (χ4v) is 2.91. The second kappa shape index (κ2) is 14.2. The molecular weight excluding hydrogens is 404 g/mol. The fourth-order valence-electron chi connectivity index (χ4n) is 2.39. The summed E-state index contributed by atoms with van der Waals surface area (Å²) in [7, 11) is -3.16. The molecule has 0 aromatic heterocycles. The van der Waals surface area contributed by atoms with E-state index in [1.807, 2.05) is 38.1 Å². The molecule has 0 saturated heterocycles. The number of sulfonamides is 1. The van der Waals surface area contributed by atoms with Crippen LogP contribution in [-0.4, -0.2) is 59.6 Å². The van der Waals surface area contributed by atoms with E-state index in [-0.39, 0.29) is 6.10 Å². The van der Waals surface area contributed by atoms with E-state index in [4.69, 9.17) is 9.47 Å². The number of nitrogens with zero attached hydrogens (tertiary/aromatic N) is 1. The Hall–Kier alpha value is -1.84. The van der Waals surface area contributed by atoms with Gasteiger partial charge in [-0.2, -0.15) is 0 Å². The monoisotopic (exact) mass is 442 g/mol. The Labute approximate surface area is 181 Å². The van der Waals surface area contributed by atoms with Crippen LogP contribution in [0.25, 0.3) is 0 Å². The van der Waals surface area contributed by atoms with Gasteiger partial charge < -0.3 is 20.1 Å². The Morgan fingerprint density at radius 2 is 1.77 bits per heavy atom. The topological polar surface area (TPSA) is 101 Å². The molecule has 0 atom stereocenters. The number of aliphatic imine (C=N–C) groups is 1. The summed E-state index contributed by atoms with van der Waals surface area (Å²) in [4.78, 5) is 4.60. The Morgan fingerprint density at radius 1 is 1.07 bits per heavy atom. The minimum Gasteiger partial charge on any atom is -0.491 e. The summed E-state index contributed by atoms with van der Waals surface area (Å²) in [5.74, 6) is 1.99. The zero-order chi connectivity index (χ0) is 22.4. The lowest BCUT2D eigenvalue weighted by Gasteiger charge is -2.14. The molecule has 1 aromatic rings. The molecule has 0 unspecified atom stereocenters. The molecule has 9 heteroatoms. The highest BCUT2D eigenvalue weighted by molar-refractivity contribution is 7.88. The summed E-state index contributed by atoms with van der Waals surface area (Å²) in [6, 6.07) is 7.70. The summed E-state index contributed by atoms with van der Waals surface area (Å²) >= 11 is 0. The normalized spacial score (nSPS) is 12.4. The first kappa shape index (κ1) is 26.2. The third kappa shape index (κ3) is 14.2. The maximum Gasteiger partial charge on any atom is 0.208 e. The van der Waals surface area contributed by atoms with Gasteiger partial charge in [0.2, 0.25) is 10.0 Å². The van der Waals surface area contributed by atoms with Crippen molar-refractivity contribution >= 4 is 21.7 Å². The third-order valence-electron chi connectivity index (χ3n) is 3.67. The SMILES string of the molecule is CC(C)COCCCN=C(NCCCNS(C)(=O)=O)Nc1ccc(OC(C)C)cc1. The lowest BCUT2D eigenvalue weighted by molar-refractivity contribution is 0.109. The molecule has 0 aliphatic rings. The van der Waals surface area contributed by atoms with E-state index in [1.54, 1.807) is 0 Å². The first-order valence-electron chi connectivity index (χ1n) is 10.5. The van der Waals surface area contributed by atoms with Crippen molar-refractivity contribution in [2.24, 2.45) is 10.9 Å². The zero-order valence-corrected chi connectivity index (χ0v) is 19.7. The lowest BCUT2D eigenvalue weighted by Crippen LogP contribution is -2.34. The van der Waals surface area contributed by atoms with Gasteiger partial charge in [0.15, 0.2) is 5.96 Å². The number of guanidine groups is 1. The predicted molar refractivity (Wildman–Crippen MR) is 124 cm³/mol. The number of hydrogen-bond acceptors (Lipinski definition) is 5. The van der Waals surface area contributed by atoms with Gasteiger partial charge in [-0.1, -0.05) is 13.8 Å². The van der Waals surface area contributed by atoms with Gasteiger partial charge in [-0.25, -0.2) is 13.1 Å². The van der Waals surface area contributed by atoms with E-state index >= 15 is 0 Å². The molecule has 0 aliphatic heterocycles. The Bertz CT molecular complexity index is 719. The van der Waals surface area contributed by atoms with E-state index in [2.05, 4.69) is 34.2 Å². The van der Waals surface area contributed by atoms with Gasteiger partial charge in [0.05, 0.1) is 12.4 Å². The van der Waals surface area contributed by atoms with Crippen LogP contribution in [0.2, 0.25) is 0 Å². The fraction of sp³-hybridized carbons (Fsp3) is 0.667. The molecule has 30 heavy (non-hydrogen) atoms. The lowest BCUT2D eigenvalue weighted by atomic mass is 10.2. The third-order valence-corrected chi connectivity index (χ3v) is 4.40. The van der Waals surface area contributed by atoms with Gasteiger partial charge in [-0.15, -0.1) is 0 Å². The molecule has 0 fully saturated rings. The van der Waals surface area contributed by atoms with Crippen molar-refractivity contribution in [1.82, 2.24) is 10.0 Å². The van der Waals surface area contributed by atoms with Crippen LogP contribution < -0.4 is 20.1 Å². The summed E-state index contributed by atoms with van der Waals surface area (Å²) in [5, 5.41) is 6.52. The van der Waals surface area contributed by atoms with Gasteiger partial charge in [0.1, 0.15) is 5.75 Å². The number of nitrogens with one attached hydrogen (secondary N) is 3. The van der Waals surface area contributed by atoms with E-state index < -0.39 is 10.0 Å². The number of benzene rings is 1. The minimum absolute atomic E-state index is 0.126. The Kier molecular flexibility index (Phi) is 12.4. The quantitative estimate of drug-likeness (QED) is 0.233. The molecule has 1 aromatic carbocycles. The van der Waals surface area contributed by atoms with Crippen molar-refractivity contribution in [2.75, 3.05) is 44.4 Å². The number of rotatable bonds is 14.